The lowest BCUT2D eigenvalue weighted by molar-refractivity contribution is -0.155. The Labute approximate surface area is 232 Å². The van der Waals surface area contributed by atoms with E-state index >= 15 is 0 Å². The van der Waals surface area contributed by atoms with E-state index in [1.807, 2.05) is 18.2 Å². The van der Waals surface area contributed by atoms with Crippen LogP contribution in [0.4, 0.5) is 4.79 Å². The van der Waals surface area contributed by atoms with Crippen LogP contribution in [0.25, 0.3) is 11.4 Å². The van der Waals surface area contributed by atoms with Crippen molar-refractivity contribution in [3.05, 3.63) is 47.2 Å². The molecule has 0 spiro atoms. The fourth-order valence-corrected chi connectivity index (χ4v) is 4.12. The molecule has 1 N–H and O–H groups in total. The van der Waals surface area contributed by atoms with Gasteiger partial charge in [0, 0.05) is 44.2 Å². The highest BCUT2D eigenvalue weighted by atomic mass is 35.5. The van der Waals surface area contributed by atoms with Gasteiger partial charge in [0.1, 0.15) is 22.5 Å². The van der Waals surface area contributed by atoms with E-state index in [0.717, 1.165) is 0 Å². The molecule has 2 aromatic rings. The van der Waals surface area contributed by atoms with Crippen molar-refractivity contribution in [2.24, 2.45) is 0 Å². The number of ether oxygens (including phenoxy) is 2. The normalized spacial score (nSPS) is 14.4. The zero-order valence-electron chi connectivity index (χ0n) is 22.6. The maximum absolute atomic E-state index is 13.5. The smallest absolute Gasteiger partial charge is 0.409 e. The van der Waals surface area contributed by atoms with Crippen molar-refractivity contribution in [3.63, 3.8) is 0 Å². The Kier molecular flexibility index (Phi) is 10.2. The van der Waals surface area contributed by atoms with E-state index in [2.05, 4.69) is 15.3 Å². The molecule has 1 aromatic carbocycles. The van der Waals surface area contributed by atoms with Crippen molar-refractivity contribution in [2.75, 3.05) is 32.8 Å². The maximum Gasteiger partial charge on any atom is 0.409 e. The summed E-state index contributed by atoms with van der Waals surface area (Å²) >= 11 is 6.18. The first-order valence-electron chi connectivity index (χ1n) is 12.8. The zero-order valence-corrected chi connectivity index (χ0v) is 23.4. The first-order chi connectivity index (χ1) is 18.5. The average molecular weight is 560 g/mol. The Bertz CT molecular complexity index is 1180. The molecule has 1 aliphatic heterocycles. The van der Waals surface area contributed by atoms with Crippen LogP contribution in [0.2, 0.25) is 5.15 Å². The Morgan fingerprint density at radius 3 is 2.28 bits per heavy atom. The van der Waals surface area contributed by atoms with Gasteiger partial charge in [-0.1, -0.05) is 41.9 Å². The molecule has 210 valence electrons. The van der Waals surface area contributed by atoms with E-state index in [1.165, 1.54) is 11.0 Å². The molecule has 1 aromatic heterocycles. The quantitative estimate of drug-likeness (QED) is 0.385. The molecule has 1 aliphatic rings. The van der Waals surface area contributed by atoms with Crippen LogP contribution in [0.5, 0.6) is 0 Å². The highest BCUT2D eigenvalue weighted by Gasteiger charge is 2.32. The Hall–Kier alpha value is -3.73. The molecular weight excluding hydrogens is 526 g/mol. The summed E-state index contributed by atoms with van der Waals surface area (Å²) in [5, 5.41) is 2.79. The average Bonchev–Trinajstić information content (AvgIpc) is 2.90. The van der Waals surface area contributed by atoms with Crippen LogP contribution in [0.1, 0.15) is 51.0 Å². The molecule has 3 rings (SSSR count). The van der Waals surface area contributed by atoms with Gasteiger partial charge in [-0.25, -0.2) is 14.8 Å². The van der Waals surface area contributed by atoms with Gasteiger partial charge in [0.15, 0.2) is 5.82 Å². The lowest BCUT2D eigenvalue weighted by Crippen LogP contribution is -2.56. The molecule has 1 saturated heterocycles. The highest BCUT2D eigenvalue weighted by molar-refractivity contribution is 6.29. The van der Waals surface area contributed by atoms with Gasteiger partial charge in [-0.2, -0.15) is 0 Å². The summed E-state index contributed by atoms with van der Waals surface area (Å²) < 4.78 is 10.4. The summed E-state index contributed by atoms with van der Waals surface area (Å²) in [4.78, 5) is 62.8. The number of rotatable bonds is 8. The van der Waals surface area contributed by atoms with Crippen LogP contribution in [0.15, 0.2) is 36.4 Å². The molecule has 0 saturated carbocycles. The number of hydrogen-bond acceptors (Lipinski definition) is 8. The standard InChI is InChI=1S/C27H34ClN5O6/c1-5-38-26(37)33-15-13-32(14-16-33)25(36)19(11-12-22(34)39-27(2,3)4)30-24(35)20-17-21(28)31-23(29-20)18-9-7-6-8-10-18/h6-10,17,19H,5,11-16H2,1-4H3,(H,30,35). The predicted molar refractivity (Wildman–Crippen MR) is 144 cm³/mol. The zero-order chi connectivity index (χ0) is 28.6. The number of nitrogens with zero attached hydrogens (tertiary/aromatic N) is 4. The number of hydrogen-bond donors (Lipinski definition) is 1. The molecule has 2 heterocycles. The monoisotopic (exact) mass is 559 g/mol. The molecule has 0 bridgehead atoms. The summed E-state index contributed by atoms with van der Waals surface area (Å²) in [6.07, 6.45) is -0.507. The third-order valence-electron chi connectivity index (χ3n) is 5.74. The van der Waals surface area contributed by atoms with Gasteiger partial charge in [0.05, 0.1) is 6.61 Å². The van der Waals surface area contributed by atoms with E-state index in [9.17, 15) is 19.2 Å². The number of amides is 3. The summed E-state index contributed by atoms with van der Waals surface area (Å²) in [6.45, 7) is 8.34. The predicted octanol–water partition coefficient (Wildman–Crippen LogP) is 3.32. The van der Waals surface area contributed by atoms with Crippen molar-refractivity contribution in [3.8, 4) is 11.4 Å². The lowest BCUT2D eigenvalue weighted by Gasteiger charge is -2.36. The number of benzene rings is 1. The molecule has 0 radical (unpaired) electrons. The minimum atomic E-state index is -1.03. The van der Waals surface area contributed by atoms with Gasteiger partial charge < -0.3 is 24.6 Å². The second-order valence-corrected chi connectivity index (χ2v) is 10.3. The number of halogens is 1. The SMILES string of the molecule is CCOC(=O)N1CCN(C(=O)C(CCC(=O)OC(C)(C)C)NC(=O)c2cc(Cl)nc(-c3ccccc3)n2)CC1. The van der Waals surface area contributed by atoms with Crippen LogP contribution in [0.3, 0.4) is 0 Å². The van der Waals surface area contributed by atoms with Crippen LogP contribution in [-0.4, -0.2) is 88.1 Å². The Morgan fingerprint density at radius 2 is 1.67 bits per heavy atom. The molecule has 11 nitrogen and oxygen atoms in total. The van der Waals surface area contributed by atoms with Crippen molar-refractivity contribution in [1.82, 2.24) is 25.1 Å². The summed E-state index contributed by atoms with van der Waals surface area (Å²) in [5.41, 5.74) is -0.0310. The molecular formula is C27H34ClN5O6. The summed E-state index contributed by atoms with van der Waals surface area (Å²) in [6, 6.07) is 9.32. The van der Waals surface area contributed by atoms with Gasteiger partial charge >= 0.3 is 12.1 Å². The van der Waals surface area contributed by atoms with Crippen molar-refractivity contribution >= 4 is 35.5 Å². The van der Waals surface area contributed by atoms with Gasteiger partial charge in [-0.15, -0.1) is 0 Å². The van der Waals surface area contributed by atoms with Crippen LogP contribution in [0, 0.1) is 0 Å². The van der Waals surface area contributed by atoms with Gasteiger partial charge in [-0.05, 0) is 34.1 Å². The Morgan fingerprint density at radius 1 is 1.03 bits per heavy atom. The fourth-order valence-electron chi connectivity index (χ4n) is 3.94. The number of carbonyl (C=O) groups is 4. The van der Waals surface area contributed by atoms with E-state index < -0.39 is 29.6 Å². The maximum atomic E-state index is 13.5. The van der Waals surface area contributed by atoms with E-state index in [4.69, 9.17) is 21.1 Å². The summed E-state index contributed by atoms with van der Waals surface area (Å²) in [7, 11) is 0. The van der Waals surface area contributed by atoms with Crippen LogP contribution < -0.4 is 5.32 Å². The fraction of sp³-hybridized carbons (Fsp3) is 0.481. The lowest BCUT2D eigenvalue weighted by atomic mass is 10.1. The molecule has 3 amide bonds. The number of nitrogens with one attached hydrogen (secondary N) is 1. The number of esters is 1. The van der Waals surface area contributed by atoms with Gasteiger partial charge in [0.25, 0.3) is 5.91 Å². The minimum absolute atomic E-state index is 0.0158. The number of carbonyl (C=O) groups excluding carboxylic acids is 4. The molecule has 1 unspecified atom stereocenters. The second kappa shape index (κ2) is 13.4. The van der Waals surface area contributed by atoms with Crippen molar-refractivity contribution in [2.45, 2.75) is 52.2 Å². The number of aromatic nitrogens is 2. The van der Waals surface area contributed by atoms with Crippen molar-refractivity contribution < 1.29 is 28.7 Å². The second-order valence-electron chi connectivity index (χ2n) is 9.93. The largest absolute Gasteiger partial charge is 0.460 e. The third kappa shape index (κ3) is 8.91. The van der Waals surface area contributed by atoms with E-state index in [-0.39, 0.29) is 55.1 Å². The highest BCUT2D eigenvalue weighted by Crippen LogP contribution is 2.19. The van der Waals surface area contributed by atoms with Crippen LogP contribution >= 0.6 is 11.6 Å². The number of piperazine rings is 1. The Balaban J connectivity index is 1.76. The van der Waals surface area contributed by atoms with E-state index in [0.29, 0.717) is 18.7 Å². The molecule has 1 fully saturated rings. The first kappa shape index (κ1) is 29.8. The topological polar surface area (TPSA) is 131 Å². The van der Waals surface area contributed by atoms with E-state index in [1.54, 1.807) is 44.7 Å². The molecule has 1 atom stereocenters. The van der Waals surface area contributed by atoms with Gasteiger partial charge in [0.2, 0.25) is 5.91 Å². The minimum Gasteiger partial charge on any atom is -0.460 e. The molecule has 39 heavy (non-hydrogen) atoms. The molecule has 0 aliphatic carbocycles. The van der Waals surface area contributed by atoms with Gasteiger partial charge in [-0.3, -0.25) is 14.4 Å². The van der Waals surface area contributed by atoms with Crippen molar-refractivity contribution in [1.29, 1.82) is 0 Å². The molecule has 12 heteroatoms. The van der Waals surface area contributed by atoms with Crippen LogP contribution in [-0.2, 0) is 19.1 Å². The first-order valence-corrected chi connectivity index (χ1v) is 13.2. The third-order valence-corrected chi connectivity index (χ3v) is 5.93. The summed E-state index contributed by atoms with van der Waals surface area (Å²) in [5.74, 6) is -1.24.